The molecule has 9 heteroatoms. The minimum absolute atomic E-state index is 0.0528. The number of hydrogen-bond acceptors (Lipinski definition) is 6. The molecule has 0 spiro atoms. The summed E-state index contributed by atoms with van der Waals surface area (Å²) in [5.74, 6) is 1.92. The van der Waals surface area contributed by atoms with Gasteiger partial charge >= 0.3 is 0 Å². The maximum absolute atomic E-state index is 11.1. The van der Waals surface area contributed by atoms with E-state index < -0.39 is 7.72 Å². The first-order valence-corrected chi connectivity index (χ1v) is 10.6. The van der Waals surface area contributed by atoms with E-state index in [9.17, 15) is 19.4 Å². The van der Waals surface area contributed by atoms with E-state index in [0.717, 1.165) is 18.4 Å². The minimum Gasteiger partial charge on any atom is -0.491 e. The fourth-order valence-corrected chi connectivity index (χ4v) is 4.11. The van der Waals surface area contributed by atoms with Crippen LogP contribution >= 0.6 is 7.72 Å². The topological polar surface area (TPSA) is 124 Å². The molecule has 8 nitrogen and oxygen atoms in total. The monoisotopic (exact) mass is 384 g/mol. The number of carbonyl (C=O) groups is 1. The average Bonchev–Trinajstić information content (AvgIpc) is 2.59. The summed E-state index contributed by atoms with van der Waals surface area (Å²) in [5, 5.41) is 5.98. The van der Waals surface area contributed by atoms with Crippen LogP contribution in [-0.4, -0.2) is 46.5 Å². The van der Waals surface area contributed by atoms with Gasteiger partial charge in [0.2, 0.25) is 11.5 Å². The number of aromatic amines is 1. The van der Waals surface area contributed by atoms with Crippen molar-refractivity contribution >= 4 is 13.6 Å². The zero-order chi connectivity index (χ0) is 19.0. The lowest BCUT2D eigenvalue weighted by molar-refractivity contribution is -0.118. The van der Waals surface area contributed by atoms with Crippen molar-refractivity contribution in [1.29, 1.82) is 0 Å². The van der Waals surface area contributed by atoms with Gasteiger partial charge in [-0.2, -0.15) is 0 Å². The fraction of sp³-hybridized carbons (Fsp3) is 0.529. The van der Waals surface area contributed by atoms with Crippen LogP contribution in [0.15, 0.2) is 34.7 Å². The summed E-state index contributed by atoms with van der Waals surface area (Å²) in [6.45, 7) is 2.84. The van der Waals surface area contributed by atoms with E-state index in [2.05, 4.69) is 15.6 Å². The number of hydrogen-bond donors (Lipinski definition) is 5. The van der Waals surface area contributed by atoms with Crippen LogP contribution < -0.4 is 16.2 Å². The Morgan fingerprint density at radius 1 is 1.38 bits per heavy atom. The third kappa shape index (κ3) is 7.25. The Hall–Kier alpha value is -1.73. The van der Waals surface area contributed by atoms with Gasteiger partial charge in [0.05, 0.1) is 12.6 Å². The Bertz CT molecular complexity index is 659. The predicted octanol–water partition coefficient (Wildman–Crippen LogP) is 1.02. The number of H-pyrrole nitrogens is 1. The van der Waals surface area contributed by atoms with Crippen molar-refractivity contribution in [2.24, 2.45) is 0 Å². The summed E-state index contributed by atoms with van der Waals surface area (Å²) >= 11 is 0. The van der Waals surface area contributed by atoms with Crippen molar-refractivity contribution < 1.29 is 19.3 Å². The van der Waals surface area contributed by atoms with Crippen LogP contribution in [-0.2, 0) is 9.53 Å². The molecule has 1 aliphatic rings. The Kier molecular flexibility index (Phi) is 7.78. The van der Waals surface area contributed by atoms with Crippen LogP contribution in [0.5, 0.6) is 0 Å². The van der Waals surface area contributed by atoms with E-state index in [-0.39, 0.29) is 17.5 Å². The highest BCUT2D eigenvalue weighted by Crippen LogP contribution is 2.53. The number of unbranched alkanes of at least 4 members (excludes halogenated alkanes) is 2. The van der Waals surface area contributed by atoms with Gasteiger partial charge in [0, 0.05) is 25.7 Å². The molecular weight excluding hydrogens is 357 g/mol. The maximum atomic E-state index is 11.1. The number of morpholine rings is 1. The number of rotatable bonds is 8. The number of amides is 1. The van der Waals surface area contributed by atoms with Crippen LogP contribution in [0, 0.1) is 0 Å². The summed E-state index contributed by atoms with van der Waals surface area (Å²) in [4.78, 5) is 44.9. The molecule has 1 aromatic heterocycles. The van der Waals surface area contributed by atoms with Gasteiger partial charge in [-0.3, -0.25) is 14.9 Å². The zero-order valence-electron chi connectivity index (χ0n) is 14.9. The van der Waals surface area contributed by atoms with Crippen molar-refractivity contribution in [3.05, 3.63) is 45.8 Å². The third-order valence-corrected chi connectivity index (χ3v) is 5.73. The quantitative estimate of drug-likeness (QED) is 0.337. The van der Waals surface area contributed by atoms with Gasteiger partial charge in [-0.15, -0.1) is 0 Å². The van der Waals surface area contributed by atoms with Crippen LogP contribution in [0.1, 0.15) is 37.8 Å². The van der Waals surface area contributed by atoms with E-state index in [1.807, 2.05) is 0 Å². The number of carbonyl (C=O) groups excluding carboxylic acids is 1. The smallest absolute Gasteiger partial charge is 0.296 e. The lowest BCUT2D eigenvalue weighted by atomic mass is 10.1. The summed E-state index contributed by atoms with van der Waals surface area (Å²) in [6.07, 6.45) is 4.27. The standard InChI is InChI=1S/C17H26N3O5P/c1-13(21)18-7-3-2-4-8-26(23,24)12-15-10-19-16(11-25-15)14-5-6-17(22)20-9-14/h5-6,9,12,16,19,23-24H,2-4,7-8,10-11H2,1H3,(H-,18,20,21,22)/p+1/t16-/m0/s1. The van der Waals surface area contributed by atoms with Crippen molar-refractivity contribution in [2.45, 2.75) is 32.2 Å². The molecule has 0 aromatic carbocycles. The third-order valence-electron chi connectivity index (χ3n) is 4.06. The van der Waals surface area contributed by atoms with Crippen LogP contribution in [0.25, 0.3) is 0 Å². The second-order valence-electron chi connectivity index (χ2n) is 6.38. The number of ether oxygens (including phenoxy) is 1. The van der Waals surface area contributed by atoms with Crippen LogP contribution in [0.4, 0.5) is 0 Å². The Morgan fingerprint density at radius 3 is 2.81 bits per heavy atom. The molecule has 1 saturated heterocycles. The summed E-state index contributed by atoms with van der Waals surface area (Å²) in [7, 11) is -3.14. The number of aromatic nitrogens is 1. The molecule has 0 bridgehead atoms. The highest BCUT2D eigenvalue weighted by atomic mass is 31.2. The molecule has 2 heterocycles. The molecule has 0 aliphatic carbocycles. The first-order valence-electron chi connectivity index (χ1n) is 8.70. The first-order chi connectivity index (χ1) is 12.4. The Morgan fingerprint density at radius 2 is 2.19 bits per heavy atom. The average molecular weight is 384 g/mol. The second kappa shape index (κ2) is 9.83. The zero-order valence-corrected chi connectivity index (χ0v) is 15.8. The number of nitrogens with one attached hydrogen (secondary N) is 3. The van der Waals surface area contributed by atoms with Crippen molar-refractivity contribution in [2.75, 3.05) is 25.9 Å². The molecule has 1 atom stereocenters. The molecule has 1 fully saturated rings. The van der Waals surface area contributed by atoms with E-state index in [1.165, 1.54) is 18.8 Å². The molecular formula is C17H27N3O5P+. The molecule has 2 rings (SSSR count). The highest BCUT2D eigenvalue weighted by Gasteiger charge is 2.32. The second-order valence-corrected chi connectivity index (χ2v) is 8.66. The first kappa shape index (κ1) is 20.6. The molecule has 144 valence electrons. The van der Waals surface area contributed by atoms with Gasteiger partial charge in [-0.25, -0.2) is 9.79 Å². The van der Waals surface area contributed by atoms with E-state index in [4.69, 9.17) is 4.74 Å². The maximum Gasteiger partial charge on any atom is 0.296 e. The highest BCUT2D eigenvalue weighted by molar-refractivity contribution is 7.67. The normalized spacial score (nSPS) is 19.2. The molecule has 26 heavy (non-hydrogen) atoms. The van der Waals surface area contributed by atoms with Gasteiger partial charge in [0.1, 0.15) is 18.5 Å². The van der Waals surface area contributed by atoms with Crippen molar-refractivity contribution in [3.63, 3.8) is 0 Å². The lowest BCUT2D eigenvalue weighted by Crippen LogP contribution is -2.33. The molecule has 5 N–H and O–H groups in total. The summed E-state index contributed by atoms with van der Waals surface area (Å²) < 4.78 is 5.65. The SMILES string of the molecule is CC(=O)NCCCCC[P+](O)(O)C=C1CN[C@H](c2ccc(=O)[nH]c2)CO1. The van der Waals surface area contributed by atoms with Crippen LogP contribution in [0.3, 0.4) is 0 Å². The lowest BCUT2D eigenvalue weighted by Gasteiger charge is -2.26. The van der Waals surface area contributed by atoms with Gasteiger partial charge in [-0.1, -0.05) is 6.07 Å². The van der Waals surface area contributed by atoms with E-state index in [0.29, 0.717) is 38.0 Å². The largest absolute Gasteiger partial charge is 0.491 e. The number of pyridine rings is 1. The van der Waals surface area contributed by atoms with Crippen molar-refractivity contribution in [3.8, 4) is 0 Å². The fourth-order valence-electron chi connectivity index (χ4n) is 2.67. The van der Waals surface area contributed by atoms with Gasteiger partial charge < -0.3 is 15.0 Å². The molecule has 0 saturated carbocycles. The Labute approximate surface area is 153 Å². The minimum atomic E-state index is -3.14. The van der Waals surface area contributed by atoms with Gasteiger partial charge in [-0.05, 0) is 24.8 Å². The Balaban J connectivity index is 1.74. The molecule has 1 amide bonds. The predicted molar refractivity (Wildman–Crippen MR) is 101 cm³/mol. The molecule has 1 aromatic rings. The van der Waals surface area contributed by atoms with E-state index in [1.54, 1.807) is 12.3 Å². The van der Waals surface area contributed by atoms with Crippen molar-refractivity contribution in [1.82, 2.24) is 15.6 Å². The summed E-state index contributed by atoms with van der Waals surface area (Å²) in [6, 6.07) is 3.15. The molecule has 1 aliphatic heterocycles. The van der Waals surface area contributed by atoms with Gasteiger partial charge in [0.15, 0.2) is 5.82 Å². The van der Waals surface area contributed by atoms with Gasteiger partial charge in [0.25, 0.3) is 7.72 Å². The molecule has 0 unspecified atom stereocenters. The summed E-state index contributed by atoms with van der Waals surface area (Å²) in [5.41, 5.74) is 0.759. The molecule has 0 radical (unpaired) electrons. The van der Waals surface area contributed by atoms with E-state index >= 15 is 0 Å². The van der Waals surface area contributed by atoms with Crippen LogP contribution in [0.2, 0.25) is 0 Å².